The second-order valence-electron chi connectivity index (χ2n) is 6.95. The van der Waals surface area contributed by atoms with Gasteiger partial charge < -0.3 is 20.3 Å². The summed E-state index contributed by atoms with van der Waals surface area (Å²) in [5, 5.41) is 6.90. The summed E-state index contributed by atoms with van der Waals surface area (Å²) in [7, 11) is 1.83. The Morgan fingerprint density at radius 3 is 2.64 bits per heavy atom. The third-order valence-corrected chi connectivity index (χ3v) is 6.46. The van der Waals surface area contributed by atoms with Gasteiger partial charge in [0, 0.05) is 43.7 Å². The molecule has 2 fully saturated rings. The van der Waals surface area contributed by atoms with E-state index < -0.39 is 0 Å². The summed E-state index contributed by atoms with van der Waals surface area (Å²) in [5.41, 5.74) is 2.54. The first kappa shape index (κ1) is 18.4. The van der Waals surface area contributed by atoms with E-state index in [1.807, 2.05) is 7.05 Å². The fraction of sp³-hybridized carbons (Fsp3) is 0.632. The molecule has 2 aliphatic heterocycles. The van der Waals surface area contributed by atoms with E-state index in [-0.39, 0.29) is 0 Å². The van der Waals surface area contributed by atoms with Gasteiger partial charge in [-0.2, -0.15) is 11.8 Å². The smallest absolute Gasteiger partial charge is 0.191 e. The number of nitrogens with one attached hydrogen (secondary N) is 2. The number of anilines is 1. The van der Waals surface area contributed by atoms with Gasteiger partial charge in [0.05, 0.1) is 13.2 Å². The molecule has 5 nitrogen and oxygen atoms in total. The minimum absolute atomic E-state index is 0.345. The predicted octanol–water partition coefficient (Wildman–Crippen LogP) is 2.47. The maximum Gasteiger partial charge on any atom is 0.191 e. The summed E-state index contributed by atoms with van der Waals surface area (Å²) >= 11 is 2.07. The van der Waals surface area contributed by atoms with Gasteiger partial charge in [-0.15, -0.1) is 0 Å². The van der Waals surface area contributed by atoms with Gasteiger partial charge in [0.25, 0.3) is 0 Å². The Bertz CT molecular complexity index is 563. The van der Waals surface area contributed by atoms with Crippen molar-refractivity contribution in [1.29, 1.82) is 0 Å². The predicted molar refractivity (Wildman–Crippen MR) is 108 cm³/mol. The molecule has 1 atom stereocenters. The van der Waals surface area contributed by atoms with Crippen LogP contribution in [-0.4, -0.2) is 56.4 Å². The lowest BCUT2D eigenvalue weighted by atomic mass is 10.1. The van der Waals surface area contributed by atoms with Gasteiger partial charge in [-0.05, 0) is 43.2 Å². The molecule has 0 aliphatic carbocycles. The third-order valence-electron chi connectivity index (χ3n) is 4.93. The van der Waals surface area contributed by atoms with Crippen LogP contribution >= 0.6 is 11.8 Å². The normalized spacial score (nSPS) is 24.4. The Labute approximate surface area is 155 Å². The zero-order valence-corrected chi connectivity index (χ0v) is 16.2. The molecular weight excluding hydrogens is 332 g/mol. The van der Waals surface area contributed by atoms with E-state index in [1.165, 1.54) is 29.8 Å². The maximum absolute atomic E-state index is 5.42. The zero-order chi connectivity index (χ0) is 17.5. The van der Waals surface area contributed by atoms with Crippen molar-refractivity contribution < 1.29 is 4.74 Å². The van der Waals surface area contributed by atoms with Crippen LogP contribution in [0.2, 0.25) is 0 Å². The lowest BCUT2D eigenvalue weighted by molar-refractivity contribution is 0.122. The standard InChI is InChI=1S/C19H30N4OS/c1-19(8-3-13-25-19)15-22-18(20-2)21-14-16-4-6-17(7-5-16)23-9-11-24-12-10-23/h4-7H,3,8-15H2,1-2H3,(H2,20,21,22). The van der Waals surface area contributed by atoms with Crippen LogP contribution in [0.4, 0.5) is 5.69 Å². The molecule has 3 rings (SSSR count). The zero-order valence-electron chi connectivity index (χ0n) is 15.4. The second kappa shape index (κ2) is 8.81. The van der Waals surface area contributed by atoms with Crippen LogP contribution in [0.25, 0.3) is 0 Å². The molecule has 0 spiro atoms. The SMILES string of the molecule is CN=C(NCc1ccc(N2CCOCC2)cc1)NCC1(C)CCCS1. The summed E-state index contributed by atoms with van der Waals surface area (Å²) in [6.07, 6.45) is 2.61. The van der Waals surface area contributed by atoms with Crippen molar-refractivity contribution in [2.45, 2.75) is 31.1 Å². The monoisotopic (exact) mass is 362 g/mol. The Morgan fingerprint density at radius 2 is 2.00 bits per heavy atom. The highest BCUT2D eigenvalue weighted by Gasteiger charge is 2.29. The van der Waals surface area contributed by atoms with E-state index in [1.54, 1.807) is 0 Å². The molecule has 25 heavy (non-hydrogen) atoms. The molecule has 2 heterocycles. The molecule has 0 amide bonds. The summed E-state index contributed by atoms with van der Waals surface area (Å²) < 4.78 is 5.76. The molecule has 2 N–H and O–H groups in total. The Kier molecular flexibility index (Phi) is 6.48. The van der Waals surface area contributed by atoms with Crippen LogP contribution in [0.5, 0.6) is 0 Å². The first-order valence-corrected chi connectivity index (χ1v) is 10.2. The van der Waals surface area contributed by atoms with Crippen LogP contribution in [0, 0.1) is 0 Å². The van der Waals surface area contributed by atoms with E-state index in [4.69, 9.17) is 4.74 Å². The van der Waals surface area contributed by atoms with Gasteiger partial charge >= 0.3 is 0 Å². The number of ether oxygens (including phenoxy) is 1. The summed E-state index contributed by atoms with van der Waals surface area (Å²) in [6.45, 7) is 7.69. The highest BCUT2D eigenvalue weighted by Crippen LogP contribution is 2.36. The largest absolute Gasteiger partial charge is 0.378 e. The first-order chi connectivity index (χ1) is 12.2. The molecule has 138 valence electrons. The number of hydrogen-bond donors (Lipinski definition) is 2. The van der Waals surface area contributed by atoms with E-state index in [2.05, 4.69) is 63.5 Å². The Hall–Kier alpha value is -1.40. The molecule has 0 saturated carbocycles. The molecule has 0 aromatic heterocycles. The molecule has 1 aromatic rings. The molecule has 2 saturated heterocycles. The molecule has 1 unspecified atom stereocenters. The maximum atomic E-state index is 5.42. The number of nitrogens with zero attached hydrogens (tertiary/aromatic N) is 2. The Balaban J connectivity index is 1.46. The number of aliphatic imine (C=N–C) groups is 1. The molecule has 1 aromatic carbocycles. The summed E-state index contributed by atoms with van der Waals surface area (Å²) in [4.78, 5) is 6.73. The molecular formula is C19H30N4OS. The fourth-order valence-electron chi connectivity index (χ4n) is 3.30. The lowest BCUT2D eigenvalue weighted by Gasteiger charge is -2.29. The minimum Gasteiger partial charge on any atom is -0.378 e. The van der Waals surface area contributed by atoms with Crippen LogP contribution in [0.3, 0.4) is 0 Å². The molecule has 0 bridgehead atoms. The number of morpholine rings is 1. The van der Waals surface area contributed by atoms with E-state index in [0.29, 0.717) is 4.75 Å². The van der Waals surface area contributed by atoms with Crippen molar-refractivity contribution in [2.75, 3.05) is 50.5 Å². The van der Waals surface area contributed by atoms with Crippen molar-refractivity contribution in [3.05, 3.63) is 29.8 Å². The van der Waals surface area contributed by atoms with Gasteiger partial charge in [-0.3, -0.25) is 4.99 Å². The number of hydrogen-bond acceptors (Lipinski definition) is 4. The van der Waals surface area contributed by atoms with Crippen molar-refractivity contribution in [2.24, 2.45) is 4.99 Å². The average Bonchev–Trinajstić information content (AvgIpc) is 3.10. The lowest BCUT2D eigenvalue weighted by Crippen LogP contribution is -2.43. The van der Waals surface area contributed by atoms with Crippen LogP contribution in [0.15, 0.2) is 29.3 Å². The second-order valence-corrected chi connectivity index (χ2v) is 8.63. The van der Waals surface area contributed by atoms with Crippen molar-refractivity contribution >= 4 is 23.4 Å². The fourth-order valence-corrected chi connectivity index (χ4v) is 4.54. The average molecular weight is 363 g/mol. The minimum atomic E-state index is 0.345. The van der Waals surface area contributed by atoms with E-state index >= 15 is 0 Å². The Morgan fingerprint density at radius 1 is 1.24 bits per heavy atom. The topological polar surface area (TPSA) is 48.9 Å². The van der Waals surface area contributed by atoms with Crippen LogP contribution < -0.4 is 15.5 Å². The number of thioether (sulfide) groups is 1. The van der Waals surface area contributed by atoms with Gasteiger partial charge in [-0.1, -0.05) is 12.1 Å². The van der Waals surface area contributed by atoms with Gasteiger partial charge in [0.15, 0.2) is 5.96 Å². The number of benzene rings is 1. The first-order valence-electron chi connectivity index (χ1n) is 9.19. The van der Waals surface area contributed by atoms with Crippen molar-refractivity contribution in [3.63, 3.8) is 0 Å². The van der Waals surface area contributed by atoms with Crippen molar-refractivity contribution in [3.8, 4) is 0 Å². The van der Waals surface area contributed by atoms with Crippen molar-refractivity contribution in [1.82, 2.24) is 10.6 Å². The molecule has 6 heteroatoms. The third kappa shape index (κ3) is 5.28. The molecule has 0 radical (unpaired) electrons. The van der Waals surface area contributed by atoms with E-state index in [0.717, 1.165) is 45.4 Å². The van der Waals surface area contributed by atoms with Crippen LogP contribution in [0.1, 0.15) is 25.3 Å². The van der Waals surface area contributed by atoms with Crippen LogP contribution in [-0.2, 0) is 11.3 Å². The quantitative estimate of drug-likeness (QED) is 0.622. The number of rotatable bonds is 5. The van der Waals surface area contributed by atoms with Gasteiger partial charge in [-0.25, -0.2) is 0 Å². The summed E-state index contributed by atoms with van der Waals surface area (Å²) in [5.74, 6) is 2.16. The summed E-state index contributed by atoms with van der Waals surface area (Å²) in [6, 6.07) is 8.79. The number of guanidine groups is 1. The van der Waals surface area contributed by atoms with Gasteiger partial charge in [0.2, 0.25) is 0 Å². The highest BCUT2D eigenvalue weighted by molar-refractivity contribution is 8.00. The molecule has 2 aliphatic rings. The van der Waals surface area contributed by atoms with E-state index in [9.17, 15) is 0 Å². The van der Waals surface area contributed by atoms with Gasteiger partial charge in [0.1, 0.15) is 0 Å². The highest BCUT2D eigenvalue weighted by atomic mass is 32.2.